The van der Waals surface area contributed by atoms with Crippen LogP contribution in [0.4, 0.5) is 23.4 Å². The number of hydrogen-bond acceptors (Lipinski definition) is 5. The first-order valence-corrected chi connectivity index (χ1v) is 8.62. The quantitative estimate of drug-likeness (QED) is 0.425. The molecule has 0 spiro atoms. The number of aromatic nitrogens is 4. The van der Waals surface area contributed by atoms with Gasteiger partial charge in [0.25, 0.3) is 5.91 Å². The fourth-order valence-electron chi connectivity index (χ4n) is 2.54. The topological polar surface area (TPSA) is 96.9 Å². The van der Waals surface area contributed by atoms with Crippen molar-refractivity contribution in [2.75, 3.05) is 12.4 Å². The maximum Gasteiger partial charge on any atom is 0.435 e. The highest BCUT2D eigenvalue weighted by molar-refractivity contribution is 7.80. The van der Waals surface area contributed by atoms with Crippen LogP contribution >= 0.6 is 12.2 Å². The number of alkyl halides is 3. The van der Waals surface area contributed by atoms with E-state index in [0.29, 0.717) is 5.75 Å². The summed E-state index contributed by atoms with van der Waals surface area (Å²) in [5.41, 5.74) is -1.59. The second kappa shape index (κ2) is 8.10. The average molecular weight is 442 g/mol. The number of anilines is 1. The van der Waals surface area contributed by atoms with Gasteiger partial charge in [0.05, 0.1) is 18.4 Å². The van der Waals surface area contributed by atoms with Gasteiger partial charge in [-0.2, -0.15) is 23.4 Å². The van der Waals surface area contributed by atoms with Crippen LogP contribution in [-0.4, -0.2) is 38.1 Å². The first-order valence-electron chi connectivity index (χ1n) is 8.21. The highest BCUT2D eigenvalue weighted by Gasteiger charge is 2.39. The Labute approximate surface area is 172 Å². The van der Waals surface area contributed by atoms with Crippen molar-refractivity contribution in [3.05, 3.63) is 47.5 Å². The fourth-order valence-corrected chi connectivity index (χ4v) is 2.74. The highest BCUT2D eigenvalue weighted by Crippen LogP contribution is 2.30. The lowest BCUT2D eigenvalue weighted by atomic mass is 10.1. The summed E-state index contributed by atoms with van der Waals surface area (Å²) in [4.78, 5) is 12.2. The minimum atomic E-state index is -4.80. The highest BCUT2D eigenvalue weighted by atomic mass is 32.1. The molecule has 0 saturated carbocycles. The lowest BCUT2D eigenvalue weighted by Crippen LogP contribution is -2.35. The van der Waals surface area contributed by atoms with Crippen molar-refractivity contribution in [1.29, 1.82) is 0 Å². The lowest BCUT2D eigenvalue weighted by Gasteiger charge is -2.09. The second-order valence-corrected chi connectivity index (χ2v) is 6.39. The van der Waals surface area contributed by atoms with Gasteiger partial charge in [0.2, 0.25) is 0 Å². The number of thiocarbonyl (C=S) groups is 1. The number of methoxy groups -OCH3 is 1. The third-order valence-corrected chi connectivity index (χ3v) is 4.05. The van der Waals surface area contributed by atoms with Crippen molar-refractivity contribution in [3.8, 4) is 17.0 Å². The van der Waals surface area contributed by atoms with Gasteiger partial charge in [0.15, 0.2) is 10.8 Å². The Bertz CT molecular complexity index is 1110. The average Bonchev–Trinajstić information content (AvgIpc) is 3.27. The number of H-pyrrole nitrogens is 1. The third-order valence-electron chi connectivity index (χ3n) is 3.85. The van der Waals surface area contributed by atoms with Gasteiger partial charge in [0.1, 0.15) is 17.4 Å². The van der Waals surface area contributed by atoms with Gasteiger partial charge in [-0.15, -0.1) is 0 Å². The van der Waals surface area contributed by atoms with Crippen molar-refractivity contribution in [1.82, 2.24) is 25.3 Å². The zero-order valence-corrected chi connectivity index (χ0v) is 16.3. The maximum absolute atomic E-state index is 14.2. The number of carbonyl (C=O) groups excluding carboxylic acids is 1. The predicted molar refractivity (Wildman–Crippen MR) is 102 cm³/mol. The first-order chi connectivity index (χ1) is 14.1. The molecule has 0 aliphatic carbocycles. The summed E-state index contributed by atoms with van der Waals surface area (Å²) >= 11 is 4.95. The Balaban J connectivity index is 1.70. The Morgan fingerprint density at radius 1 is 1.30 bits per heavy atom. The fraction of sp³-hybridized carbons (Fsp3) is 0.176. The van der Waals surface area contributed by atoms with Crippen LogP contribution in [0.15, 0.2) is 30.5 Å². The number of nitrogens with one attached hydrogen (secondary N) is 3. The van der Waals surface area contributed by atoms with Gasteiger partial charge >= 0.3 is 6.18 Å². The van der Waals surface area contributed by atoms with Crippen LogP contribution in [0, 0.1) is 5.82 Å². The number of rotatable bonds is 4. The van der Waals surface area contributed by atoms with E-state index in [1.807, 2.05) is 0 Å². The van der Waals surface area contributed by atoms with Gasteiger partial charge in [-0.25, -0.2) is 4.39 Å². The van der Waals surface area contributed by atoms with Crippen LogP contribution < -0.4 is 15.4 Å². The molecule has 30 heavy (non-hydrogen) atoms. The number of aryl methyl sites for hydroxylation is 1. The molecule has 0 aliphatic heterocycles. The molecule has 2 aromatic heterocycles. The molecule has 0 unspecified atom stereocenters. The second-order valence-electron chi connectivity index (χ2n) is 5.98. The van der Waals surface area contributed by atoms with E-state index in [4.69, 9.17) is 17.0 Å². The first kappa shape index (κ1) is 21.2. The van der Waals surface area contributed by atoms with Crippen molar-refractivity contribution >= 4 is 29.1 Å². The van der Waals surface area contributed by atoms with E-state index in [1.165, 1.54) is 32.4 Å². The summed E-state index contributed by atoms with van der Waals surface area (Å²) in [7, 11) is 2.66. The molecule has 0 aliphatic rings. The van der Waals surface area contributed by atoms with E-state index >= 15 is 0 Å². The lowest BCUT2D eigenvalue weighted by molar-refractivity contribution is -0.141. The van der Waals surface area contributed by atoms with Crippen LogP contribution in [0.5, 0.6) is 5.75 Å². The molecule has 1 aromatic carbocycles. The van der Waals surface area contributed by atoms with Crippen LogP contribution in [0.2, 0.25) is 0 Å². The van der Waals surface area contributed by atoms with Crippen LogP contribution in [0.25, 0.3) is 11.3 Å². The van der Waals surface area contributed by atoms with Gasteiger partial charge in [-0.3, -0.25) is 19.9 Å². The van der Waals surface area contributed by atoms with Crippen LogP contribution in [0.1, 0.15) is 16.1 Å². The van der Waals surface area contributed by atoms with Crippen molar-refractivity contribution in [2.24, 2.45) is 7.05 Å². The summed E-state index contributed by atoms with van der Waals surface area (Å²) in [5.74, 6) is -1.14. The van der Waals surface area contributed by atoms with Gasteiger partial charge in [-0.1, -0.05) is 0 Å². The minimum absolute atomic E-state index is 0.181. The molecule has 0 fully saturated rings. The normalized spacial score (nSPS) is 11.3. The smallest absolute Gasteiger partial charge is 0.435 e. The molecule has 2 heterocycles. The number of hydrogen-bond donors (Lipinski definition) is 3. The molecule has 3 aromatic rings. The molecular formula is C17H14F4N6O2S. The molecule has 0 atom stereocenters. The number of nitrogens with zero attached hydrogens (tertiary/aromatic N) is 3. The number of ether oxygens (including phenoxy) is 1. The van der Waals surface area contributed by atoms with Crippen molar-refractivity contribution in [3.63, 3.8) is 0 Å². The number of halogens is 4. The molecule has 0 bridgehead atoms. The summed E-state index contributed by atoms with van der Waals surface area (Å²) in [5, 5.41) is 14.2. The van der Waals surface area contributed by atoms with Gasteiger partial charge < -0.3 is 10.1 Å². The maximum atomic E-state index is 14.2. The van der Waals surface area contributed by atoms with E-state index in [9.17, 15) is 22.4 Å². The van der Waals surface area contributed by atoms with Crippen molar-refractivity contribution < 1.29 is 27.1 Å². The zero-order valence-electron chi connectivity index (χ0n) is 15.5. The molecule has 158 valence electrons. The molecule has 8 nitrogen and oxygen atoms in total. The van der Waals surface area contributed by atoms with E-state index in [-0.39, 0.29) is 22.2 Å². The molecule has 3 N–H and O–H groups in total. The van der Waals surface area contributed by atoms with Crippen LogP contribution in [0.3, 0.4) is 0 Å². The van der Waals surface area contributed by atoms with Gasteiger partial charge in [-0.05, 0) is 24.4 Å². The Morgan fingerprint density at radius 3 is 2.67 bits per heavy atom. The standard InChI is InChI=1S/C17H14F4N6O2S/c1-27-7-10(14(26-27)17(19,20)21)15(28)23-16(30)22-13-6-12(24-25-13)9-4-3-8(29-2)5-11(9)18/h3-7H,1-2H3,(H3,22,23,24,25,28,30). The number of amides is 1. The summed E-state index contributed by atoms with van der Waals surface area (Å²) in [6.45, 7) is 0. The summed E-state index contributed by atoms with van der Waals surface area (Å²) in [6, 6.07) is 5.62. The van der Waals surface area contributed by atoms with Crippen LogP contribution in [-0.2, 0) is 13.2 Å². The number of benzene rings is 1. The predicted octanol–water partition coefficient (Wildman–Crippen LogP) is 3.10. The van der Waals surface area contributed by atoms with E-state index in [2.05, 4.69) is 25.9 Å². The Kier molecular flexibility index (Phi) is 5.73. The minimum Gasteiger partial charge on any atom is -0.497 e. The molecule has 0 radical (unpaired) electrons. The van der Waals surface area contributed by atoms with E-state index < -0.39 is 29.2 Å². The Hall–Kier alpha value is -3.48. The molecule has 1 amide bonds. The van der Waals surface area contributed by atoms with E-state index in [0.717, 1.165) is 10.9 Å². The molecule has 13 heteroatoms. The van der Waals surface area contributed by atoms with E-state index in [1.54, 1.807) is 6.07 Å². The number of carbonyl (C=O) groups is 1. The molecular weight excluding hydrogens is 428 g/mol. The zero-order chi connectivity index (χ0) is 22.1. The Morgan fingerprint density at radius 2 is 2.03 bits per heavy atom. The molecule has 3 rings (SSSR count). The third kappa shape index (κ3) is 4.56. The van der Waals surface area contributed by atoms with Crippen molar-refractivity contribution in [2.45, 2.75) is 6.18 Å². The SMILES string of the molecule is COc1ccc(-c2cc(NC(=S)NC(=O)c3cn(C)nc3C(F)(F)F)[nH]n2)c(F)c1. The summed E-state index contributed by atoms with van der Waals surface area (Å²) in [6.07, 6.45) is -3.87. The van der Waals surface area contributed by atoms with Gasteiger partial charge in [0, 0.05) is 30.9 Å². The number of aromatic amines is 1. The summed E-state index contributed by atoms with van der Waals surface area (Å²) < 4.78 is 58.9. The largest absolute Gasteiger partial charge is 0.497 e. The molecule has 0 saturated heterocycles. The monoisotopic (exact) mass is 442 g/mol.